The van der Waals surface area contributed by atoms with Gasteiger partial charge in [0.05, 0.1) is 5.69 Å². The second-order valence-electron chi connectivity index (χ2n) is 4.50. The third-order valence-corrected chi connectivity index (χ3v) is 3.31. The molecule has 0 aliphatic carbocycles. The maximum atomic E-state index is 4.59. The molecule has 1 atom stereocenters. The van der Waals surface area contributed by atoms with Crippen molar-refractivity contribution in [2.24, 2.45) is 0 Å². The van der Waals surface area contributed by atoms with Crippen LogP contribution in [0.2, 0.25) is 0 Å². The molecule has 0 aromatic carbocycles. The lowest BCUT2D eigenvalue weighted by Gasteiger charge is -2.15. The van der Waals surface area contributed by atoms with Gasteiger partial charge in [0.2, 0.25) is 0 Å². The van der Waals surface area contributed by atoms with Crippen LogP contribution >= 0.6 is 0 Å². The van der Waals surface area contributed by atoms with E-state index in [-0.39, 0.29) is 0 Å². The highest BCUT2D eigenvalue weighted by Crippen LogP contribution is 2.10. The van der Waals surface area contributed by atoms with Gasteiger partial charge in [-0.2, -0.15) is 5.10 Å². The molecule has 0 bridgehead atoms. The van der Waals surface area contributed by atoms with Crippen molar-refractivity contribution in [2.75, 3.05) is 6.54 Å². The first kappa shape index (κ1) is 14.2. The number of rotatable bonds is 8. The summed E-state index contributed by atoms with van der Waals surface area (Å²) >= 11 is 0. The van der Waals surface area contributed by atoms with E-state index in [1.807, 2.05) is 0 Å². The number of hydrogen-bond acceptors (Lipinski definition) is 2. The first-order chi connectivity index (χ1) is 8.24. The van der Waals surface area contributed by atoms with Crippen LogP contribution in [0.5, 0.6) is 0 Å². The third kappa shape index (κ3) is 4.15. The smallest absolute Gasteiger partial charge is 0.0624 e. The Morgan fingerprint density at radius 1 is 1.29 bits per heavy atom. The van der Waals surface area contributed by atoms with Crippen LogP contribution < -0.4 is 5.32 Å². The minimum Gasteiger partial charge on any atom is -0.314 e. The number of nitrogens with zero attached hydrogens (tertiary/aromatic N) is 2. The molecule has 1 aromatic rings. The number of aryl methyl sites for hydroxylation is 3. The first-order valence-corrected chi connectivity index (χ1v) is 7.04. The standard InChI is InChI=1S/C14H27N3/c1-5-12(15-7-3)9-10-14-11-13(6-2)16-17(14)8-4/h11-12,15H,5-10H2,1-4H3. The van der Waals surface area contributed by atoms with Crippen molar-refractivity contribution >= 4 is 0 Å². The van der Waals surface area contributed by atoms with Crippen molar-refractivity contribution in [1.29, 1.82) is 0 Å². The minimum atomic E-state index is 0.644. The van der Waals surface area contributed by atoms with Crippen LogP contribution in [0.15, 0.2) is 6.07 Å². The molecule has 0 aliphatic rings. The lowest BCUT2D eigenvalue weighted by atomic mass is 10.1. The number of hydrogen-bond donors (Lipinski definition) is 1. The number of nitrogens with one attached hydrogen (secondary N) is 1. The summed E-state index contributed by atoms with van der Waals surface area (Å²) in [6, 6.07) is 2.91. The monoisotopic (exact) mass is 237 g/mol. The Kier molecular flexibility index (Phi) is 6.27. The molecule has 3 heteroatoms. The quantitative estimate of drug-likeness (QED) is 0.753. The zero-order valence-corrected chi connectivity index (χ0v) is 11.8. The van der Waals surface area contributed by atoms with Crippen molar-refractivity contribution in [3.05, 3.63) is 17.5 Å². The summed E-state index contributed by atoms with van der Waals surface area (Å²) in [6.45, 7) is 10.8. The fraction of sp³-hybridized carbons (Fsp3) is 0.786. The van der Waals surface area contributed by atoms with Crippen molar-refractivity contribution in [3.63, 3.8) is 0 Å². The maximum absolute atomic E-state index is 4.59. The Bertz CT molecular complexity index is 317. The van der Waals surface area contributed by atoms with Gasteiger partial charge in [-0.3, -0.25) is 4.68 Å². The van der Waals surface area contributed by atoms with Crippen molar-refractivity contribution < 1.29 is 0 Å². The highest BCUT2D eigenvalue weighted by atomic mass is 15.3. The Morgan fingerprint density at radius 2 is 2.06 bits per heavy atom. The van der Waals surface area contributed by atoms with E-state index in [0.717, 1.165) is 25.9 Å². The molecule has 3 nitrogen and oxygen atoms in total. The molecule has 0 saturated carbocycles. The van der Waals surface area contributed by atoms with Crippen LogP contribution in [0.3, 0.4) is 0 Å². The largest absolute Gasteiger partial charge is 0.314 e. The molecule has 1 N–H and O–H groups in total. The summed E-state index contributed by atoms with van der Waals surface area (Å²) in [5.74, 6) is 0. The van der Waals surface area contributed by atoms with E-state index < -0.39 is 0 Å². The average molecular weight is 237 g/mol. The molecule has 0 fully saturated rings. The predicted molar refractivity (Wildman–Crippen MR) is 73.4 cm³/mol. The Hall–Kier alpha value is -0.830. The van der Waals surface area contributed by atoms with Crippen molar-refractivity contribution in [1.82, 2.24) is 15.1 Å². The van der Waals surface area contributed by atoms with Gasteiger partial charge < -0.3 is 5.32 Å². The fourth-order valence-corrected chi connectivity index (χ4v) is 2.22. The molecular formula is C14H27N3. The van der Waals surface area contributed by atoms with Crippen LogP contribution in [0, 0.1) is 0 Å². The Balaban J connectivity index is 2.57. The predicted octanol–water partition coefficient (Wildman–Crippen LogP) is 2.79. The molecule has 0 aliphatic heterocycles. The van der Waals surface area contributed by atoms with Crippen LogP contribution in [0.1, 0.15) is 51.9 Å². The van der Waals surface area contributed by atoms with Crippen LogP contribution in [0.25, 0.3) is 0 Å². The van der Waals surface area contributed by atoms with Crippen molar-refractivity contribution in [3.8, 4) is 0 Å². The zero-order chi connectivity index (χ0) is 12.7. The van der Waals surface area contributed by atoms with Gasteiger partial charge in [0, 0.05) is 18.3 Å². The summed E-state index contributed by atoms with van der Waals surface area (Å²) in [4.78, 5) is 0. The SMILES string of the molecule is CCNC(CC)CCc1cc(CC)nn1CC. The van der Waals surface area contributed by atoms with Gasteiger partial charge in [-0.05, 0) is 45.2 Å². The van der Waals surface area contributed by atoms with E-state index in [9.17, 15) is 0 Å². The lowest BCUT2D eigenvalue weighted by Crippen LogP contribution is -2.28. The van der Waals surface area contributed by atoms with Gasteiger partial charge in [0.25, 0.3) is 0 Å². The van der Waals surface area contributed by atoms with Crippen LogP contribution in [0.4, 0.5) is 0 Å². The molecular weight excluding hydrogens is 210 g/mol. The molecule has 0 spiro atoms. The van der Waals surface area contributed by atoms with Crippen LogP contribution in [-0.2, 0) is 19.4 Å². The average Bonchev–Trinajstić information content (AvgIpc) is 2.76. The van der Waals surface area contributed by atoms with E-state index in [1.54, 1.807) is 0 Å². The summed E-state index contributed by atoms with van der Waals surface area (Å²) in [6.07, 6.45) is 4.57. The molecule has 0 amide bonds. The van der Waals surface area contributed by atoms with Gasteiger partial charge in [-0.15, -0.1) is 0 Å². The molecule has 1 unspecified atom stereocenters. The third-order valence-electron chi connectivity index (χ3n) is 3.31. The highest BCUT2D eigenvalue weighted by Gasteiger charge is 2.09. The second kappa shape index (κ2) is 7.49. The molecule has 98 valence electrons. The van der Waals surface area contributed by atoms with E-state index >= 15 is 0 Å². The summed E-state index contributed by atoms with van der Waals surface area (Å²) in [7, 11) is 0. The normalized spacial score (nSPS) is 12.9. The van der Waals surface area contributed by atoms with Crippen molar-refractivity contribution in [2.45, 2.75) is 66.0 Å². The molecule has 0 saturated heterocycles. The molecule has 17 heavy (non-hydrogen) atoms. The molecule has 1 aromatic heterocycles. The molecule has 1 heterocycles. The minimum absolute atomic E-state index is 0.644. The Morgan fingerprint density at radius 3 is 2.59 bits per heavy atom. The van der Waals surface area contributed by atoms with E-state index in [2.05, 4.69) is 48.9 Å². The summed E-state index contributed by atoms with van der Waals surface area (Å²) in [5, 5.41) is 8.12. The maximum Gasteiger partial charge on any atom is 0.0624 e. The number of aromatic nitrogens is 2. The second-order valence-corrected chi connectivity index (χ2v) is 4.50. The van der Waals surface area contributed by atoms with Gasteiger partial charge in [0.15, 0.2) is 0 Å². The van der Waals surface area contributed by atoms with Gasteiger partial charge in [-0.25, -0.2) is 0 Å². The van der Waals surface area contributed by atoms with E-state index in [4.69, 9.17) is 0 Å². The zero-order valence-electron chi connectivity index (χ0n) is 11.8. The highest BCUT2D eigenvalue weighted by molar-refractivity contribution is 5.10. The van der Waals surface area contributed by atoms with Gasteiger partial charge in [-0.1, -0.05) is 20.8 Å². The molecule has 0 radical (unpaired) electrons. The van der Waals surface area contributed by atoms with E-state index in [1.165, 1.54) is 24.2 Å². The topological polar surface area (TPSA) is 29.9 Å². The summed E-state index contributed by atoms with van der Waals surface area (Å²) < 4.78 is 2.15. The summed E-state index contributed by atoms with van der Waals surface area (Å²) in [5.41, 5.74) is 2.61. The fourth-order valence-electron chi connectivity index (χ4n) is 2.22. The van der Waals surface area contributed by atoms with E-state index in [0.29, 0.717) is 6.04 Å². The molecule has 1 rings (SSSR count). The van der Waals surface area contributed by atoms with Gasteiger partial charge in [0.1, 0.15) is 0 Å². The lowest BCUT2D eigenvalue weighted by molar-refractivity contribution is 0.471. The van der Waals surface area contributed by atoms with Crippen LogP contribution in [-0.4, -0.2) is 22.4 Å². The Labute approximate surface area is 106 Å². The first-order valence-electron chi connectivity index (χ1n) is 7.04. The van der Waals surface area contributed by atoms with Gasteiger partial charge >= 0.3 is 0 Å².